The van der Waals surface area contributed by atoms with Crippen molar-refractivity contribution in [3.05, 3.63) is 68.1 Å². The number of amides is 1. The number of carbonyl (C=O) groups excluding carboxylic acids is 1. The van der Waals surface area contributed by atoms with Gasteiger partial charge in [0.15, 0.2) is 0 Å². The Morgan fingerprint density at radius 1 is 1.00 bits per heavy atom. The van der Waals surface area contributed by atoms with Crippen molar-refractivity contribution in [3.8, 4) is 0 Å². The predicted octanol–water partition coefficient (Wildman–Crippen LogP) is 6.04. The summed E-state index contributed by atoms with van der Waals surface area (Å²) >= 11 is 19.0. The SMILES string of the molecule is O=C(CSCc1ccc(Br)cc1)NCCSCc1c(Cl)cccc1Cl. The second-order valence-corrected chi connectivity index (χ2v) is 9.04. The molecule has 25 heavy (non-hydrogen) atoms. The van der Waals surface area contributed by atoms with Crippen LogP contribution in [0.5, 0.6) is 0 Å². The van der Waals surface area contributed by atoms with Gasteiger partial charge in [-0.05, 0) is 35.4 Å². The highest BCUT2D eigenvalue weighted by atomic mass is 79.9. The Labute approximate surface area is 175 Å². The molecule has 2 aromatic carbocycles. The lowest BCUT2D eigenvalue weighted by Gasteiger charge is -2.08. The summed E-state index contributed by atoms with van der Waals surface area (Å²) in [6.45, 7) is 0.643. The van der Waals surface area contributed by atoms with Crippen molar-refractivity contribution >= 4 is 68.6 Å². The van der Waals surface area contributed by atoms with Crippen molar-refractivity contribution in [1.29, 1.82) is 0 Å². The second kappa shape index (κ2) is 11.4. The molecule has 1 amide bonds. The minimum atomic E-state index is 0.0680. The van der Waals surface area contributed by atoms with Crippen LogP contribution in [0.25, 0.3) is 0 Å². The van der Waals surface area contributed by atoms with E-state index in [1.54, 1.807) is 23.5 Å². The summed E-state index contributed by atoms with van der Waals surface area (Å²) in [4.78, 5) is 11.8. The summed E-state index contributed by atoms with van der Waals surface area (Å²) in [5, 5.41) is 4.32. The van der Waals surface area contributed by atoms with E-state index < -0.39 is 0 Å². The summed E-state index contributed by atoms with van der Waals surface area (Å²) in [5.41, 5.74) is 2.17. The van der Waals surface area contributed by atoms with Gasteiger partial charge in [0.05, 0.1) is 5.75 Å². The second-order valence-electron chi connectivity index (χ2n) is 5.22. The minimum Gasteiger partial charge on any atom is -0.355 e. The van der Waals surface area contributed by atoms with Gasteiger partial charge in [-0.25, -0.2) is 0 Å². The van der Waals surface area contributed by atoms with E-state index in [4.69, 9.17) is 23.2 Å². The van der Waals surface area contributed by atoms with Gasteiger partial charge in [0.1, 0.15) is 0 Å². The summed E-state index contributed by atoms with van der Waals surface area (Å²) in [5.74, 6) is 2.94. The fourth-order valence-electron chi connectivity index (χ4n) is 2.00. The molecule has 0 saturated heterocycles. The lowest BCUT2D eigenvalue weighted by atomic mass is 10.2. The molecule has 2 nitrogen and oxygen atoms in total. The molecule has 0 heterocycles. The van der Waals surface area contributed by atoms with Crippen molar-refractivity contribution in [2.24, 2.45) is 0 Å². The molecule has 0 aliphatic carbocycles. The van der Waals surface area contributed by atoms with Gasteiger partial charge in [0.2, 0.25) is 5.91 Å². The molecule has 134 valence electrons. The quantitative estimate of drug-likeness (QED) is 0.445. The monoisotopic (exact) mass is 477 g/mol. The fraction of sp³-hybridized carbons (Fsp3) is 0.278. The fourth-order valence-corrected chi connectivity index (χ4v) is 4.68. The average Bonchev–Trinajstić information content (AvgIpc) is 2.58. The van der Waals surface area contributed by atoms with Gasteiger partial charge in [0, 0.05) is 38.3 Å². The zero-order chi connectivity index (χ0) is 18.1. The molecule has 0 spiro atoms. The van der Waals surface area contributed by atoms with E-state index >= 15 is 0 Å². The third kappa shape index (κ3) is 7.83. The Balaban J connectivity index is 1.57. The molecular formula is C18H18BrCl2NOS2. The van der Waals surface area contributed by atoms with Crippen LogP contribution in [0, 0.1) is 0 Å². The predicted molar refractivity (Wildman–Crippen MR) is 116 cm³/mol. The molecule has 0 radical (unpaired) electrons. The number of halogens is 3. The topological polar surface area (TPSA) is 29.1 Å². The Bertz CT molecular complexity index is 678. The molecule has 7 heteroatoms. The van der Waals surface area contributed by atoms with Crippen molar-refractivity contribution in [1.82, 2.24) is 5.32 Å². The number of benzene rings is 2. The molecule has 0 aliphatic heterocycles. The first kappa shape index (κ1) is 21.0. The first-order chi connectivity index (χ1) is 12.1. The van der Waals surface area contributed by atoms with Crippen LogP contribution >= 0.6 is 62.7 Å². The maximum atomic E-state index is 11.8. The standard InChI is InChI=1S/C18H18BrCl2NOS2/c19-14-6-4-13(5-7-14)10-25-12-18(23)22-8-9-24-11-15-16(20)2-1-3-17(15)21/h1-7H,8-12H2,(H,22,23). The Morgan fingerprint density at radius 2 is 1.68 bits per heavy atom. The van der Waals surface area contributed by atoms with Gasteiger partial charge in [-0.2, -0.15) is 11.8 Å². The Morgan fingerprint density at radius 3 is 2.36 bits per heavy atom. The third-order valence-corrected chi connectivity index (χ3v) is 6.52. The van der Waals surface area contributed by atoms with Gasteiger partial charge in [0.25, 0.3) is 0 Å². The van der Waals surface area contributed by atoms with Crippen molar-refractivity contribution < 1.29 is 4.79 Å². The smallest absolute Gasteiger partial charge is 0.230 e. The van der Waals surface area contributed by atoms with Crippen LogP contribution in [0.1, 0.15) is 11.1 Å². The highest BCUT2D eigenvalue weighted by Gasteiger charge is 2.06. The van der Waals surface area contributed by atoms with Gasteiger partial charge in [-0.3, -0.25) is 4.79 Å². The molecule has 0 atom stereocenters. The van der Waals surface area contributed by atoms with E-state index in [1.807, 2.05) is 30.3 Å². The molecular weight excluding hydrogens is 461 g/mol. The van der Waals surface area contributed by atoms with Crippen molar-refractivity contribution in [2.45, 2.75) is 11.5 Å². The molecule has 0 bridgehead atoms. The van der Waals surface area contributed by atoms with E-state index in [1.165, 1.54) is 5.56 Å². The average molecular weight is 479 g/mol. The third-order valence-electron chi connectivity index (χ3n) is 3.29. The molecule has 0 aromatic heterocycles. The Kier molecular flexibility index (Phi) is 9.56. The van der Waals surface area contributed by atoms with Crippen LogP contribution in [0.2, 0.25) is 10.0 Å². The number of hydrogen-bond donors (Lipinski definition) is 1. The van der Waals surface area contributed by atoms with E-state index in [9.17, 15) is 4.79 Å². The van der Waals surface area contributed by atoms with E-state index in [2.05, 4.69) is 33.4 Å². The van der Waals surface area contributed by atoms with Crippen LogP contribution in [-0.2, 0) is 16.3 Å². The van der Waals surface area contributed by atoms with Gasteiger partial charge in [-0.15, -0.1) is 11.8 Å². The summed E-state index contributed by atoms with van der Waals surface area (Å²) in [6.07, 6.45) is 0. The molecule has 2 rings (SSSR count). The number of nitrogens with one attached hydrogen (secondary N) is 1. The first-order valence-corrected chi connectivity index (χ1v) is 11.5. The minimum absolute atomic E-state index is 0.0680. The lowest BCUT2D eigenvalue weighted by molar-refractivity contribution is -0.118. The first-order valence-electron chi connectivity index (χ1n) is 7.66. The van der Waals surface area contributed by atoms with Crippen LogP contribution in [-0.4, -0.2) is 24.0 Å². The number of hydrogen-bond acceptors (Lipinski definition) is 3. The van der Waals surface area contributed by atoms with Crippen LogP contribution < -0.4 is 5.32 Å². The van der Waals surface area contributed by atoms with E-state index in [0.29, 0.717) is 22.3 Å². The zero-order valence-electron chi connectivity index (χ0n) is 13.4. The zero-order valence-corrected chi connectivity index (χ0v) is 18.2. The van der Waals surface area contributed by atoms with E-state index in [-0.39, 0.29) is 5.91 Å². The summed E-state index contributed by atoms with van der Waals surface area (Å²) in [6, 6.07) is 13.7. The molecule has 0 aliphatic rings. The van der Waals surface area contributed by atoms with Crippen LogP contribution in [0.4, 0.5) is 0 Å². The highest BCUT2D eigenvalue weighted by molar-refractivity contribution is 9.10. The summed E-state index contributed by atoms with van der Waals surface area (Å²) in [7, 11) is 0. The van der Waals surface area contributed by atoms with Crippen molar-refractivity contribution in [2.75, 3.05) is 18.1 Å². The largest absolute Gasteiger partial charge is 0.355 e. The van der Waals surface area contributed by atoms with Gasteiger partial charge < -0.3 is 5.32 Å². The summed E-state index contributed by atoms with van der Waals surface area (Å²) < 4.78 is 1.06. The normalized spacial score (nSPS) is 10.7. The van der Waals surface area contributed by atoms with E-state index in [0.717, 1.165) is 27.3 Å². The molecule has 2 aromatic rings. The maximum absolute atomic E-state index is 11.8. The van der Waals surface area contributed by atoms with Crippen molar-refractivity contribution in [3.63, 3.8) is 0 Å². The molecule has 0 unspecified atom stereocenters. The Hall–Kier alpha value is -0.330. The highest BCUT2D eigenvalue weighted by Crippen LogP contribution is 2.27. The van der Waals surface area contributed by atoms with Crippen LogP contribution in [0.15, 0.2) is 46.9 Å². The van der Waals surface area contributed by atoms with Crippen LogP contribution in [0.3, 0.4) is 0 Å². The molecule has 1 N–H and O–H groups in total. The number of thioether (sulfide) groups is 2. The van der Waals surface area contributed by atoms with Gasteiger partial charge in [-0.1, -0.05) is 57.3 Å². The number of rotatable bonds is 9. The molecule has 0 fully saturated rings. The maximum Gasteiger partial charge on any atom is 0.230 e. The molecule has 0 saturated carbocycles. The lowest BCUT2D eigenvalue weighted by Crippen LogP contribution is -2.27. The number of carbonyl (C=O) groups is 1. The van der Waals surface area contributed by atoms with Gasteiger partial charge >= 0.3 is 0 Å².